The SMILES string of the molecule is COc1cccc(-c2cccc3c2C(=Cc2[nH]c(C)c(C(=O)N4CC(C)NC(C)C4)c2C)C(=O)N3)c1. The summed E-state index contributed by atoms with van der Waals surface area (Å²) in [6, 6.07) is 14.2. The summed E-state index contributed by atoms with van der Waals surface area (Å²) in [5.41, 5.74) is 7.20. The number of aryl methyl sites for hydroxylation is 1. The van der Waals surface area contributed by atoms with Crippen LogP contribution in [0.2, 0.25) is 0 Å². The molecule has 0 radical (unpaired) electrons. The third-order valence-electron chi connectivity index (χ3n) is 7.03. The molecule has 3 N–H and O–H groups in total. The molecule has 1 aromatic heterocycles. The Morgan fingerprint density at radius 1 is 1.08 bits per heavy atom. The molecule has 2 amide bonds. The van der Waals surface area contributed by atoms with Gasteiger partial charge in [0.25, 0.3) is 11.8 Å². The van der Waals surface area contributed by atoms with Gasteiger partial charge < -0.3 is 25.3 Å². The van der Waals surface area contributed by atoms with E-state index in [1.165, 1.54) is 0 Å². The summed E-state index contributed by atoms with van der Waals surface area (Å²) < 4.78 is 5.41. The van der Waals surface area contributed by atoms with E-state index in [9.17, 15) is 9.59 Å². The van der Waals surface area contributed by atoms with Crippen molar-refractivity contribution in [2.24, 2.45) is 0 Å². The second-order valence-electron chi connectivity index (χ2n) is 9.81. The third-order valence-corrected chi connectivity index (χ3v) is 7.03. The minimum absolute atomic E-state index is 0.0273. The molecular formula is C29H32N4O3. The predicted molar refractivity (Wildman–Crippen MR) is 143 cm³/mol. The number of hydrogen-bond donors (Lipinski definition) is 3. The fourth-order valence-electron chi connectivity index (χ4n) is 5.45. The molecule has 7 heteroatoms. The van der Waals surface area contributed by atoms with Crippen LogP contribution in [0.5, 0.6) is 5.75 Å². The van der Waals surface area contributed by atoms with Crippen molar-refractivity contribution in [3.05, 3.63) is 70.5 Å². The number of methoxy groups -OCH3 is 1. The van der Waals surface area contributed by atoms with E-state index in [4.69, 9.17) is 4.74 Å². The van der Waals surface area contributed by atoms with Crippen molar-refractivity contribution >= 4 is 29.2 Å². The van der Waals surface area contributed by atoms with Crippen LogP contribution in [0.1, 0.15) is 46.7 Å². The summed E-state index contributed by atoms with van der Waals surface area (Å²) in [7, 11) is 1.64. The van der Waals surface area contributed by atoms with E-state index in [2.05, 4.69) is 29.5 Å². The number of nitrogens with one attached hydrogen (secondary N) is 3. The molecular weight excluding hydrogens is 452 g/mol. The van der Waals surface area contributed by atoms with Gasteiger partial charge in [0.2, 0.25) is 0 Å². The van der Waals surface area contributed by atoms with E-state index in [-0.39, 0.29) is 23.9 Å². The van der Waals surface area contributed by atoms with Crippen LogP contribution in [0, 0.1) is 13.8 Å². The lowest BCUT2D eigenvalue weighted by atomic mass is 9.94. The number of H-pyrrole nitrogens is 1. The standard InChI is InChI=1S/C29H32N4O3/c1-16-14-33(15-17(2)30-16)29(35)26-18(3)25(31-19(26)4)13-23-27-22(10-7-11-24(27)32-28(23)34)20-8-6-9-21(12-20)36-5/h6-13,16-17,30-31H,14-15H2,1-5H3,(H,32,34). The number of benzene rings is 2. The topological polar surface area (TPSA) is 86.5 Å². The summed E-state index contributed by atoms with van der Waals surface area (Å²) >= 11 is 0. The number of aromatic amines is 1. The summed E-state index contributed by atoms with van der Waals surface area (Å²) in [6.07, 6.45) is 1.87. The molecule has 2 atom stereocenters. The van der Waals surface area contributed by atoms with Gasteiger partial charge in [-0.2, -0.15) is 0 Å². The molecule has 0 aliphatic carbocycles. The minimum Gasteiger partial charge on any atom is -0.497 e. The maximum atomic E-state index is 13.5. The number of aromatic nitrogens is 1. The molecule has 2 aromatic carbocycles. The summed E-state index contributed by atoms with van der Waals surface area (Å²) in [6.45, 7) is 9.39. The molecule has 0 spiro atoms. The van der Waals surface area contributed by atoms with Crippen molar-refractivity contribution in [1.82, 2.24) is 15.2 Å². The number of anilines is 1. The highest BCUT2D eigenvalue weighted by molar-refractivity contribution is 6.36. The Morgan fingerprint density at radius 2 is 1.81 bits per heavy atom. The highest BCUT2D eigenvalue weighted by Gasteiger charge is 2.31. The zero-order valence-corrected chi connectivity index (χ0v) is 21.4. The number of rotatable bonds is 4. The van der Waals surface area contributed by atoms with Crippen LogP contribution in [-0.2, 0) is 4.79 Å². The molecule has 5 rings (SSSR count). The quantitative estimate of drug-likeness (QED) is 0.472. The Kier molecular flexibility index (Phi) is 6.18. The fraction of sp³-hybridized carbons (Fsp3) is 0.310. The number of fused-ring (bicyclic) bond motifs is 1. The van der Waals surface area contributed by atoms with Crippen LogP contribution in [0.15, 0.2) is 42.5 Å². The Bertz CT molecular complexity index is 1380. The average molecular weight is 485 g/mol. The predicted octanol–water partition coefficient (Wildman–Crippen LogP) is 4.62. The van der Waals surface area contributed by atoms with Crippen molar-refractivity contribution < 1.29 is 14.3 Å². The summed E-state index contributed by atoms with van der Waals surface area (Å²) in [5.74, 6) is 0.618. The number of ether oxygens (including phenoxy) is 1. The first-order valence-corrected chi connectivity index (χ1v) is 12.3. The Hall–Kier alpha value is -3.84. The zero-order valence-electron chi connectivity index (χ0n) is 21.4. The minimum atomic E-state index is -0.162. The van der Waals surface area contributed by atoms with Crippen molar-refractivity contribution in [2.45, 2.75) is 39.8 Å². The van der Waals surface area contributed by atoms with E-state index in [0.29, 0.717) is 24.2 Å². The van der Waals surface area contributed by atoms with Gasteiger partial charge >= 0.3 is 0 Å². The molecule has 2 unspecified atom stereocenters. The maximum absolute atomic E-state index is 13.5. The lowest BCUT2D eigenvalue weighted by molar-refractivity contribution is -0.110. The van der Waals surface area contributed by atoms with Crippen LogP contribution in [0.25, 0.3) is 22.8 Å². The first-order valence-electron chi connectivity index (χ1n) is 12.3. The molecule has 0 saturated carbocycles. The second-order valence-corrected chi connectivity index (χ2v) is 9.81. The maximum Gasteiger partial charge on any atom is 0.256 e. The Balaban J connectivity index is 1.56. The van der Waals surface area contributed by atoms with Crippen LogP contribution in [0.4, 0.5) is 5.69 Å². The fourth-order valence-corrected chi connectivity index (χ4v) is 5.45. The average Bonchev–Trinajstić information content (AvgIpc) is 3.32. The Labute approximate surface area is 211 Å². The van der Waals surface area contributed by atoms with Crippen molar-refractivity contribution in [2.75, 3.05) is 25.5 Å². The highest BCUT2D eigenvalue weighted by atomic mass is 16.5. The molecule has 1 fully saturated rings. The monoisotopic (exact) mass is 484 g/mol. The van der Waals surface area contributed by atoms with E-state index < -0.39 is 0 Å². The van der Waals surface area contributed by atoms with E-state index in [1.807, 2.05) is 67.3 Å². The zero-order chi connectivity index (χ0) is 25.6. The number of carbonyl (C=O) groups excluding carboxylic acids is 2. The van der Waals surface area contributed by atoms with Gasteiger partial charge in [0, 0.05) is 47.8 Å². The second kappa shape index (κ2) is 9.32. The van der Waals surface area contributed by atoms with E-state index in [0.717, 1.165) is 45.1 Å². The van der Waals surface area contributed by atoms with Crippen LogP contribution in [0.3, 0.4) is 0 Å². The summed E-state index contributed by atoms with van der Waals surface area (Å²) in [4.78, 5) is 31.9. The molecule has 2 aliphatic rings. The van der Waals surface area contributed by atoms with Gasteiger partial charge in [-0.25, -0.2) is 0 Å². The molecule has 1 saturated heterocycles. The van der Waals surface area contributed by atoms with Gasteiger partial charge in [0.1, 0.15) is 5.75 Å². The molecule has 2 aliphatic heterocycles. The molecule has 186 valence electrons. The van der Waals surface area contributed by atoms with Gasteiger partial charge in [-0.15, -0.1) is 0 Å². The largest absolute Gasteiger partial charge is 0.497 e. The third kappa shape index (κ3) is 4.20. The highest BCUT2D eigenvalue weighted by Crippen LogP contribution is 2.41. The number of amides is 2. The first kappa shape index (κ1) is 23.9. The van der Waals surface area contributed by atoms with E-state index in [1.54, 1.807) is 7.11 Å². The number of piperazine rings is 1. The number of carbonyl (C=O) groups is 2. The molecule has 3 heterocycles. The van der Waals surface area contributed by atoms with Crippen molar-refractivity contribution in [3.8, 4) is 16.9 Å². The molecule has 36 heavy (non-hydrogen) atoms. The van der Waals surface area contributed by atoms with Gasteiger partial charge in [0.05, 0.1) is 18.2 Å². The van der Waals surface area contributed by atoms with E-state index >= 15 is 0 Å². The number of hydrogen-bond acceptors (Lipinski definition) is 4. The van der Waals surface area contributed by atoms with Crippen LogP contribution < -0.4 is 15.4 Å². The smallest absolute Gasteiger partial charge is 0.256 e. The summed E-state index contributed by atoms with van der Waals surface area (Å²) in [5, 5.41) is 6.47. The van der Waals surface area contributed by atoms with Gasteiger partial charge in [-0.05, 0) is 68.7 Å². The molecule has 3 aromatic rings. The molecule has 0 bridgehead atoms. The Morgan fingerprint density at radius 3 is 2.53 bits per heavy atom. The van der Waals surface area contributed by atoms with Gasteiger partial charge in [-0.3, -0.25) is 9.59 Å². The van der Waals surface area contributed by atoms with Crippen LogP contribution >= 0.6 is 0 Å². The molecule has 7 nitrogen and oxygen atoms in total. The van der Waals surface area contributed by atoms with Crippen molar-refractivity contribution in [3.63, 3.8) is 0 Å². The lowest BCUT2D eigenvalue weighted by Crippen LogP contribution is -2.55. The van der Waals surface area contributed by atoms with Gasteiger partial charge in [0.15, 0.2) is 0 Å². The van der Waals surface area contributed by atoms with Crippen LogP contribution in [-0.4, -0.2) is 54.0 Å². The lowest BCUT2D eigenvalue weighted by Gasteiger charge is -2.36. The van der Waals surface area contributed by atoms with Crippen molar-refractivity contribution in [1.29, 1.82) is 0 Å². The van der Waals surface area contributed by atoms with Gasteiger partial charge in [-0.1, -0.05) is 24.3 Å². The normalized spacial score (nSPS) is 20.4. The number of nitrogens with zero attached hydrogens (tertiary/aromatic N) is 1. The first-order chi connectivity index (χ1) is 17.3.